The molecule has 0 aromatic heterocycles. The summed E-state index contributed by atoms with van der Waals surface area (Å²) in [5, 5.41) is 0. The lowest BCUT2D eigenvalue weighted by Crippen LogP contribution is -2.08. The summed E-state index contributed by atoms with van der Waals surface area (Å²) in [5.41, 5.74) is -0.124. The Morgan fingerprint density at radius 1 is 0.576 bits per heavy atom. The molecule has 0 heterocycles. The van der Waals surface area contributed by atoms with Crippen molar-refractivity contribution in [3.8, 4) is 0 Å². The fraction of sp³-hybridized carbons (Fsp3) is 0.400. The molecule has 0 unspecified atom stereocenters. The van der Waals surface area contributed by atoms with Crippen molar-refractivity contribution in [2.24, 2.45) is 11.8 Å². The van der Waals surface area contributed by atoms with Crippen LogP contribution in [0.5, 0.6) is 0 Å². The lowest BCUT2D eigenvalue weighted by Gasteiger charge is -2.41. The second-order valence-electron chi connectivity index (χ2n) is 8.78. The van der Waals surface area contributed by atoms with E-state index in [1.807, 2.05) is 0 Å². The Hall–Kier alpha value is -1.21. The number of benzene rings is 2. The number of rotatable bonds is 8. The molecule has 2 aromatic rings. The molecule has 0 amide bonds. The summed E-state index contributed by atoms with van der Waals surface area (Å²) in [5.74, 6) is -0.437. The summed E-state index contributed by atoms with van der Waals surface area (Å²) in [6.45, 7) is 6.64. The van der Waals surface area contributed by atoms with Crippen molar-refractivity contribution in [3.63, 3.8) is 0 Å². The van der Waals surface area contributed by atoms with Crippen molar-refractivity contribution in [2.45, 2.75) is 60.1 Å². The minimum absolute atomic E-state index is 0.00687. The molecule has 0 saturated carbocycles. The van der Waals surface area contributed by atoms with Crippen LogP contribution < -0.4 is 0 Å². The van der Waals surface area contributed by atoms with Crippen molar-refractivity contribution in [1.82, 2.24) is 0 Å². The first kappa shape index (κ1) is 28.0. The maximum Gasteiger partial charge on any atom is 0.310 e. The van der Waals surface area contributed by atoms with E-state index in [0.717, 1.165) is 23.9 Å². The smallest absolute Gasteiger partial charge is 0.0936 e. The molecular formula is C20H24F10S3. The lowest BCUT2D eigenvalue weighted by atomic mass is 10.0. The van der Waals surface area contributed by atoms with Gasteiger partial charge in [-0.15, -0.1) is 0 Å². The van der Waals surface area contributed by atoms with Gasteiger partial charge in [0.1, 0.15) is 9.79 Å². The maximum absolute atomic E-state index is 13.3. The van der Waals surface area contributed by atoms with Crippen LogP contribution in [0.1, 0.15) is 38.8 Å². The van der Waals surface area contributed by atoms with Crippen LogP contribution in [0, 0.1) is 11.8 Å². The molecule has 0 fully saturated rings. The third-order valence-electron chi connectivity index (χ3n) is 4.43. The molecule has 33 heavy (non-hydrogen) atoms. The predicted octanol–water partition coefficient (Wildman–Crippen LogP) is 11.5. The fourth-order valence-corrected chi connectivity index (χ4v) is 5.54. The Labute approximate surface area is 190 Å². The average Bonchev–Trinajstić information content (AvgIpc) is 2.52. The van der Waals surface area contributed by atoms with Gasteiger partial charge in [-0.1, -0.05) is 78.3 Å². The molecule has 192 valence electrons. The molecule has 0 saturated heterocycles. The third-order valence-corrected chi connectivity index (χ3v) is 7.96. The summed E-state index contributed by atoms with van der Waals surface area (Å²) in [6, 6.07) is 2.86. The quantitative estimate of drug-likeness (QED) is 0.295. The molecule has 2 rings (SSSR count). The maximum atomic E-state index is 13.3. The fourth-order valence-electron chi connectivity index (χ4n) is 3.11. The zero-order chi connectivity index (χ0) is 25.8. The van der Waals surface area contributed by atoms with Crippen LogP contribution in [0.2, 0.25) is 0 Å². The second-order valence-corrected chi connectivity index (χ2v) is 14.7. The molecule has 13 heteroatoms. The minimum atomic E-state index is -9.94. The van der Waals surface area contributed by atoms with Crippen molar-refractivity contribution in [3.05, 3.63) is 47.5 Å². The van der Waals surface area contributed by atoms with Gasteiger partial charge < -0.3 is 0 Å². The largest absolute Gasteiger partial charge is 0.310 e. The summed E-state index contributed by atoms with van der Waals surface area (Å²) in [4.78, 5) is -3.87. The number of hydrogen-bond acceptors (Lipinski definition) is 1. The summed E-state index contributed by atoms with van der Waals surface area (Å²) < 4.78 is 133. The molecule has 0 nitrogen and oxygen atoms in total. The molecular weight excluding hydrogens is 526 g/mol. The van der Waals surface area contributed by atoms with Crippen LogP contribution >= 0.6 is 32.2 Å². The highest BCUT2D eigenvalue weighted by atomic mass is 32.5. The average molecular weight is 551 g/mol. The normalized spacial score (nSPS) is 17.5. The lowest BCUT2D eigenvalue weighted by molar-refractivity contribution is 0.360. The molecule has 0 aliphatic rings. The van der Waals surface area contributed by atoms with E-state index in [-0.39, 0.29) is 57.7 Å². The molecule has 0 atom stereocenters. The van der Waals surface area contributed by atoms with Gasteiger partial charge in [-0.2, -0.15) is 0 Å². The molecule has 0 radical (unpaired) electrons. The van der Waals surface area contributed by atoms with Gasteiger partial charge in [0.15, 0.2) is 0 Å². The summed E-state index contributed by atoms with van der Waals surface area (Å²) >= 11 is 0.761. The zero-order valence-corrected chi connectivity index (χ0v) is 20.5. The van der Waals surface area contributed by atoms with E-state index < -0.39 is 30.2 Å². The Morgan fingerprint density at radius 3 is 1.12 bits per heavy atom. The minimum Gasteiger partial charge on any atom is -0.0936 e. The number of hydrogen-bond donors (Lipinski definition) is 0. The van der Waals surface area contributed by atoms with Crippen molar-refractivity contribution in [1.29, 1.82) is 0 Å². The Balaban J connectivity index is 2.64. The predicted molar refractivity (Wildman–Crippen MR) is 117 cm³/mol. The van der Waals surface area contributed by atoms with Crippen LogP contribution in [0.15, 0.2) is 56.0 Å². The van der Waals surface area contributed by atoms with E-state index in [1.165, 1.54) is 0 Å². The van der Waals surface area contributed by atoms with Crippen LogP contribution in [-0.2, 0) is 12.8 Å². The molecule has 0 bridgehead atoms. The first-order valence-electron chi connectivity index (χ1n) is 9.67. The van der Waals surface area contributed by atoms with E-state index in [9.17, 15) is 38.9 Å². The van der Waals surface area contributed by atoms with E-state index in [4.69, 9.17) is 0 Å². The highest BCUT2D eigenvalue weighted by molar-refractivity contribution is 8.46. The highest BCUT2D eigenvalue weighted by Crippen LogP contribution is 3.02. The van der Waals surface area contributed by atoms with E-state index in [2.05, 4.69) is 0 Å². The van der Waals surface area contributed by atoms with Crippen molar-refractivity contribution in [2.75, 3.05) is 0 Å². The Kier molecular flexibility index (Phi) is 6.08. The summed E-state index contributed by atoms with van der Waals surface area (Å²) in [6.07, 6.45) is -0.0137. The van der Waals surface area contributed by atoms with Gasteiger partial charge in [-0.3, -0.25) is 0 Å². The Bertz CT molecular complexity index is 970. The topological polar surface area (TPSA) is 0 Å². The van der Waals surface area contributed by atoms with Gasteiger partial charge in [0.05, 0.1) is 0 Å². The van der Waals surface area contributed by atoms with Crippen LogP contribution in [-0.4, -0.2) is 0 Å². The second kappa shape index (κ2) is 7.16. The molecule has 0 N–H and O–H groups in total. The van der Waals surface area contributed by atoms with Crippen LogP contribution in [0.25, 0.3) is 0 Å². The Morgan fingerprint density at radius 2 is 0.879 bits per heavy atom. The first-order valence-corrected chi connectivity index (χ1v) is 14.4. The number of halogens is 10. The van der Waals surface area contributed by atoms with Gasteiger partial charge in [0, 0.05) is 9.79 Å². The van der Waals surface area contributed by atoms with Crippen LogP contribution in [0.4, 0.5) is 38.9 Å². The monoisotopic (exact) mass is 550 g/mol. The zero-order valence-electron chi connectivity index (χ0n) is 18.0. The third kappa shape index (κ3) is 7.91. The van der Waals surface area contributed by atoms with Gasteiger partial charge in [-0.25, -0.2) is 0 Å². The van der Waals surface area contributed by atoms with Crippen molar-refractivity contribution < 1.29 is 38.9 Å². The van der Waals surface area contributed by atoms with E-state index in [1.54, 1.807) is 27.7 Å². The van der Waals surface area contributed by atoms with Gasteiger partial charge in [-0.05, 0) is 72.2 Å². The van der Waals surface area contributed by atoms with E-state index >= 15 is 0 Å². The summed E-state index contributed by atoms with van der Waals surface area (Å²) in [7, 11) is -19.9. The molecule has 2 aromatic carbocycles. The standard InChI is InChI=1S/C20H24F10S3/c1-13(2)9-15-11-17(32(21,22,23,24)25)5-7-19(15)31-20-8-6-18(33(26,27,28,29)30)12-16(20)10-14(3)4/h5-8,11-14H,9-10H2,1-4H3. The molecule has 0 spiro atoms. The van der Waals surface area contributed by atoms with Crippen LogP contribution in [0.3, 0.4) is 0 Å². The van der Waals surface area contributed by atoms with Gasteiger partial charge >= 0.3 is 20.4 Å². The van der Waals surface area contributed by atoms with Gasteiger partial charge in [0.25, 0.3) is 0 Å². The molecule has 0 aliphatic carbocycles. The first-order chi connectivity index (χ1) is 14.2. The van der Waals surface area contributed by atoms with Gasteiger partial charge in [0.2, 0.25) is 0 Å². The SMILES string of the molecule is CC(C)Cc1cc(S(F)(F)(F)(F)F)ccc1Sc1ccc(S(F)(F)(F)(F)F)cc1CC(C)C. The molecule has 0 aliphatic heterocycles. The van der Waals surface area contributed by atoms with Crippen molar-refractivity contribution >= 4 is 32.2 Å². The highest BCUT2D eigenvalue weighted by Gasteiger charge is 2.66. The van der Waals surface area contributed by atoms with E-state index in [0.29, 0.717) is 12.1 Å².